The largest absolute Gasteiger partial charge is 0.464 e. The molecular weight excluding hydrogens is 332 g/mol. The summed E-state index contributed by atoms with van der Waals surface area (Å²) >= 11 is 0. The number of carbonyl (C=O) groups excluding carboxylic acids is 3. The van der Waals surface area contributed by atoms with E-state index in [0.717, 1.165) is 21.4 Å². The molecular formula is C20H16N2O4. The molecule has 0 saturated carbocycles. The van der Waals surface area contributed by atoms with E-state index in [2.05, 4.69) is 5.32 Å². The second kappa shape index (κ2) is 6.15. The number of nitrogens with zero attached hydrogens (tertiary/aromatic N) is 1. The van der Waals surface area contributed by atoms with Gasteiger partial charge in [-0.3, -0.25) is 19.3 Å². The molecule has 0 bridgehead atoms. The third-order valence-corrected chi connectivity index (χ3v) is 4.44. The lowest BCUT2D eigenvalue weighted by molar-refractivity contribution is -0.121. The fraction of sp³-hybridized carbons (Fsp3) is 0.150. The minimum atomic E-state index is -0.313. The summed E-state index contributed by atoms with van der Waals surface area (Å²) < 4.78 is 5.40. The molecule has 1 aromatic heterocycles. The molecule has 4 rings (SSSR count). The SMILES string of the molecule is Cc1coc2ccc(NC(=O)c3cccc(N4C(=O)CCC4=O)c3)cc12. The highest BCUT2D eigenvalue weighted by Crippen LogP contribution is 2.26. The molecule has 130 valence electrons. The van der Waals surface area contributed by atoms with Gasteiger partial charge >= 0.3 is 0 Å². The highest BCUT2D eigenvalue weighted by atomic mass is 16.3. The van der Waals surface area contributed by atoms with Crippen LogP contribution >= 0.6 is 0 Å². The van der Waals surface area contributed by atoms with Gasteiger partial charge in [-0.25, -0.2) is 0 Å². The second-order valence-corrected chi connectivity index (χ2v) is 6.26. The lowest BCUT2D eigenvalue weighted by Crippen LogP contribution is -2.28. The number of amides is 3. The third kappa shape index (κ3) is 2.75. The minimum absolute atomic E-state index is 0.208. The first kappa shape index (κ1) is 16.1. The standard InChI is InChI=1S/C20H16N2O4/c1-12-11-26-17-6-5-14(10-16(12)17)21-20(25)13-3-2-4-15(9-13)22-18(23)7-8-19(22)24/h2-6,9-11H,7-8H2,1H3,(H,21,25). The molecule has 2 heterocycles. The molecule has 1 saturated heterocycles. The molecule has 1 N–H and O–H groups in total. The van der Waals surface area contributed by atoms with Crippen molar-refractivity contribution in [1.29, 1.82) is 0 Å². The quantitative estimate of drug-likeness (QED) is 0.733. The fourth-order valence-corrected chi connectivity index (χ4v) is 3.09. The zero-order valence-electron chi connectivity index (χ0n) is 14.1. The van der Waals surface area contributed by atoms with Gasteiger partial charge < -0.3 is 9.73 Å². The van der Waals surface area contributed by atoms with Crippen molar-refractivity contribution < 1.29 is 18.8 Å². The molecule has 6 nitrogen and oxygen atoms in total. The number of rotatable bonds is 3. The van der Waals surface area contributed by atoms with Gasteiger partial charge in [-0.2, -0.15) is 0 Å². The molecule has 1 fully saturated rings. The zero-order valence-corrected chi connectivity index (χ0v) is 14.1. The van der Waals surface area contributed by atoms with Gasteiger partial charge in [0.15, 0.2) is 0 Å². The molecule has 0 radical (unpaired) electrons. The molecule has 0 aliphatic carbocycles. The first-order valence-corrected chi connectivity index (χ1v) is 8.28. The van der Waals surface area contributed by atoms with Crippen LogP contribution in [0.25, 0.3) is 11.0 Å². The molecule has 3 amide bonds. The molecule has 1 aliphatic heterocycles. The Morgan fingerprint density at radius 3 is 2.62 bits per heavy atom. The van der Waals surface area contributed by atoms with E-state index in [1.165, 1.54) is 0 Å². The van der Waals surface area contributed by atoms with Crippen molar-refractivity contribution in [2.45, 2.75) is 19.8 Å². The number of aryl methyl sites for hydroxylation is 1. The summed E-state index contributed by atoms with van der Waals surface area (Å²) in [7, 11) is 0. The van der Waals surface area contributed by atoms with Crippen molar-refractivity contribution in [3.8, 4) is 0 Å². The van der Waals surface area contributed by atoms with Crippen LogP contribution in [0.2, 0.25) is 0 Å². The number of imide groups is 1. The molecule has 3 aromatic rings. The summed E-state index contributed by atoms with van der Waals surface area (Å²) in [4.78, 5) is 37.5. The van der Waals surface area contributed by atoms with Crippen LogP contribution in [0.5, 0.6) is 0 Å². The number of anilines is 2. The van der Waals surface area contributed by atoms with Gasteiger partial charge in [-0.15, -0.1) is 0 Å². The van der Waals surface area contributed by atoms with Crippen molar-refractivity contribution in [2.75, 3.05) is 10.2 Å². The summed E-state index contributed by atoms with van der Waals surface area (Å²) in [5.74, 6) is -0.798. The van der Waals surface area contributed by atoms with Crippen molar-refractivity contribution in [3.05, 3.63) is 59.9 Å². The van der Waals surface area contributed by atoms with Gasteiger partial charge in [0, 0.05) is 29.5 Å². The molecule has 0 spiro atoms. The number of benzene rings is 2. The van der Waals surface area contributed by atoms with E-state index in [0.29, 0.717) is 16.9 Å². The van der Waals surface area contributed by atoms with Gasteiger partial charge in [0.2, 0.25) is 11.8 Å². The van der Waals surface area contributed by atoms with Crippen molar-refractivity contribution in [2.24, 2.45) is 0 Å². The third-order valence-electron chi connectivity index (χ3n) is 4.44. The van der Waals surface area contributed by atoms with E-state index < -0.39 is 0 Å². The Bertz CT molecular complexity index is 1030. The number of nitrogens with one attached hydrogen (secondary N) is 1. The summed E-state index contributed by atoms with van der Waals surface area (Å²) in [6.45, 7) is 1.94. The van der Waals surface area contributed by atoms with E-state index >= 15 is 0 Å². The van der Waals surface area contributed by atoms with Crippen LogP contribution in [0.4, 0.5) is 11.4 Å². The molecule has 0 unspecified atom stereocenters. The van der Waals surface area contributed by atoms with Gasteiger partial charge in [-0.1, -0.05) is 6.07 Å². The summed E-state index contributed by atoms with van der Waals surface area (Å²) in [5.41, 5.74) is 3.19. The molecule has 0 atom stereocenters. The maximum Gasteiger partial charge on any atom is 0.255 e. The normalized spacial score (nSPS) is 14.3. The van der Waals surface area contributed by atoms with Crippen molar-refractivity contribution in [3.63, 3.8) is 0 Å². The van der Waals surface area contributed by atoms with Crippen LogP contribution in [0.1, 0.15) is 28.8 Å². The zero-order chi connectivity index (χ0) is 18.3. The summed E-state index contributed by atoms with van der Waals surface area (Å²) in [5, 5.41) is 3.77. The van der Waals surface area contributed by atoms with E-state index in [1.807, 2.05) is 13.0 Å². The van der Waals surface area contributed by atoms with Crippen LogP contribution in [0.15, 0.2) is 53.1 Å². The van der Waals surface area contributed by atoms with E-state index in [1.54, 1.807) is 42.7 Å². The van der Waals surface area contributed by atoms with Crippen LogP contribution in [0, 0.1) is 6.92 Å². The average Bonchev–Trinajstić information content (AvgIpc) is 3.17. The van der Waals surface area contributed by atoms with Crippen molar-refractivity contribution in [1.82, 2.24) is 0 Å². The van der Waals surface area contributed by atoms with Gasteiger partial charge in [0.05, 0.1) is 12.0 Å². The Kier molecular flexibility index (Phi) is 3.80. The van der Waals surface area contributed by atoms with Crippen LogP contribution in [-0.2, 0) is 9.59 Å². The molecule has 2 aromatic carbocycles. The van der Waals surface area contributed by atoms with Crippen molar-refractivity contribution >= 4 is 40.1 Å². The lowest BCUT2D eigenvalue weighted by Gasteiger charge is -2.14. The summed E-state index contributed by atoms with van der Waals surface area (Å²) in [6.07, 6.45) is 2.09. The Hall–Kier alpha value is -3.41. The molecule has 26 heavy (non-hydrogen) atoms. The Morgan fingerprint density at radius 1 is 1.08 bits per heavy atom. The number of hydrogen-bond acceptors (Lipinski definition) is 4. The molecule has 6 heteroatoms. The lowest BCUT2D eigenvalue weighted by atomic mass is 10.1. The number of carbonyl (C=O) groups is 3. The average molecular weight is 348 g/mol. The van der Waals surface area contributed by atoms with Gasteiger partial charge in [0.1, 0.15) is 5.58 Å². The highest BCUT2D eigenvalue weighted by molar-refractivity contribution is 6.20. The highest BCUT2D eigenvalue weighted by Gasteiger charge is 2.30. The Balaban J connectivity index is 1.59. The predicted octanol–water partition coefficient (Wildman–Crippen LogP) is 3.65. The van der Waals surface area contributed by atoms with Crippen LogP contribution in [-0.4, -0.2) is 17.7 Å². The second-order valence-electron chi connectivity index (χ2n) is 6.26. The maximum absolute atomic E-state index is 12.6. The van der Waals surface area contributed by atoms with Gasteiger partial charge in [-0.05, 0) is 48.9 Å². The molecule has 1 aliphatic rings. The van der Waals surface area contributed by atoms with E-state index in [-0.39, 0.29) is 30.6 Å². The number of fused-ring (bicyclic) bond motifs is 1. The monoisotopic (exact) mass is 348 g/mol. The first-order chi connectivity index (χ1) is 12.5. The predicted molar refractivity (Wildman–Crippen MR) is 97.1 cm³/mol. The maximum atomic E-state index is 12.6. The Morgan fingerprint density at radius 2 is 1.85 bits per heavy atom. The van der Waals surface area contributed by atoms with E-state index in [9.17, 15) is 14.4 Å². The Labute approximate surface area is 149 Å². The van der Waals surface area contributed by atoms with E-state index in [4.69, 9.17) is 4.42 Å². The topological polar surface area (TPSA) is 79.6 Å². The van der Waals surface area contributed by atoms with Crippen LogP contribution in [0.3, 0.4) is 0 Å². The van der Waals surface area contributed by atoms with Crippen LogP contribution < -0.4 is 10.2 Å². The first-order valence-electron chi connectivity index (χ1n) is 8.28. The number of furan rings is 1. The smallest absolute Gasteiger partial charge is 0.255 e. The minimum Gasteiger partial charge on any atom is -0.464 e. The number of hydrogen-bond donors (Lipinski definition) is 1. The van der Waals surface area contributed by atoms with Gasteiger partial charge in [0.25, 0.3) is 5.91 Å². The summed E-state index contributed by atoms with van der Waals surface area (Å²) in [6, 6.07) is 11.9. The fourth-order valence-electron chi connectivity index (χ4n) is 3.09.